The summed E-state index contributed by atoms with van der Waals surface area (Å²) in [5.41, 5.74) is 4.74. The number of phenolic OH excluding ortho intramolecular Hbond substituents is 1. The van der Waals surface area contributed by atoms with E-state index < -0.39 is 0 Å². The summed E-state index contributed by atoms with van der Waals surface area (Å²) in [5.74, 6) is 0.107. The second kappa shape index (κ2) is 7.61. The number of rotatable bonds is 3. The quantitative estimate of drug-likeness (QED) is 0.877. The van der Waals surface area contributed by atoms with Gasteiger partial charge in [0.15, 0.2) is 0 Å². The van der Waals surface area contributed by atoms with Gasteiger partial charge in [0, 0.05) is 43.5 Å². The summed E-state index contributed by atoms with van der Waals surface area (Å²) >= 11 is 0. The van der Waals surface area contributed by atoms with Gasteiger partial charge in [-0.3, -0.25) is 4.79 Å². The van der Waals surface area contributed by atoms with E-state index in [-0.39, 0.29) is 17.7 Å². The van der Waals surface area contributed by atoms with Gasteiger partial charge < -0.3 is 20.2 Å². The van der Waals surface area contributed by atoms with E-state index in [0.717, 1.165) is 45.4 Å². The maximum Gasteiger partial charge on any atom is 0.251 e. The number of hydrogen-bond donors (Lipinski definition) is 2. The molecule has 4 rings (SSSR count). The van der Waals surface area contributed by atoms with Gasteiger partial charge in [-0.1, -0.05) is 12.1 Å². The lowest BCUT2D eigenvalue weighted by atomic mass is 9.86. The van der Waals surface area contributed by atoms with Crippen LogP contribution in [0, 0.1) is 0 Å². The minimum atomic E-state index is -0.0690. The number of piperazine rings is 1. The first-order valence-corrected chi connectivity index (χ1v) is 9.74. The van der Waals surface area contributed by atoms with Crippen LogP contribution >= 0.6 is 0 Å². The molecule has 2 aromatic rings. The molecule has 27 heavy (non-hydrogen) atoms. The molecule has 0 spiro atoms. The first kappa shape index (κ1) is 17.9. The Kier molecular flexibility index (Phi) is 5.03. The van der Waals surface area contributed by atoms with Crippen molar-refractivity contribution in [3.05, 3.63) is 59.2 Å². The number of carbonyl (C=O) groups is 1. The van der Waals surface area contributed by atoms with Gasteiger partial charge in [-0.2, -0.15) is 0 Å². The summed E-state index contributed by atoms with van der Waals surface area (Å²) in [7, 11) is 2.17. The topological polar surface area (TPSA) is 55.8 Å². The number of fused-ring (bicyclic) bond motifs is 1. The van der Waals surface area contributed by atoms with E-state index in [2.05, 4.69) is 40.4 Å². The smallest absolute Gasteiger partial charge is 0.251 e. The summed E-state index contributed by atoms with van der Waals surface area (Å²) < 4.78 is 0. The van der Waals surface area contributed by atoms with E-state index in [9.17, 15) is 9.90 Å². The lowest BCUT2D eigenvalue weighted by molar-refractivity contribution is 0.0933. The Labute approximate surface area is 160 Å². The number of anilines is 1. The largest absolute Gasteiger partial charge is 0.508 e. The van der Waals surface area contributed by atoms with Crippen molar-refractivity contribution < 1.29 is 9.90 Å². The normalized spacial score (nSPS) is 20.2. The van der Waals surface area contributed by atoms with Crippen molar-refractivity contribution in [1.29, 1.82) is 0 Å². The fourth-order valence-electron chi connectivity index (χ4n) is 4.12. The molecular weight excluding hydrogens is 338 g/mol. The van der Waals surface area contributed by atoms with Crippen molar-refractivity contribution in [3.8, 4) is 5.75 Å². The molecule has 1 saturated heterocycles. The fraction of sp³-hybridized carbons (Fsp3) is 0.409. The number of aryl methyl sites for hydroxylation is 1. The van der Waals surface area contributed by atoms with Crippen LogP contribution in [0.4, 0.5) is 5.69 Å². The van der Waals surface area contributed by atoms with Crippen molar-refractivity contribution in [2.75, 3.05) is 38.1 Å². The van der Waals surface area contributed by atoms with Gasteiger partial charge in [0.1, 0.15) is 5.75 Å². The average molecular weight is 365 g/mol. The van der Waals surface area contributed by atoms with E-state index in [1.165, 1.54) is 16.8 Å². The van der Waals surface area contributed by atoms with Crippen LogP contribution in [0.2, 0.25) is 0 Å². The Morgan fingerprint density at radius 1 is 1.07 bits per heavy atom. The number of carbonyl (C=O) groups excluding carboxylic acids is 1. The second-order valence-electron chi connectivity index (χ2n) is 7.67. The molecule has 0 bridgehead atoms. The summed E-state index contributed by atoms with van der Waals surface area (Å²) in [6, 6.07) is 13.2. The molecule has 2 N–H and O–H groups in total. The van der Waals surface area contributed by atoms with Gasteiger partial charge in [0.05, 0.1) is 0 Å². The van der Waals surface area contributed by atoms with Crippen LogP contribution in [0.5, 0.6) is 5.75 Å². The Morgan fingerprint density at radius 3 is 2.56 bits per heavy atom. The highest BCUT2D eigenvalue weighted by atomic mass is 16.3. The first-order chi connectivity index (χ1) is 13.1. The molecule has 0 radical (unpaired) electrons. The van der Waals surface area contributed by atoms with Gasteiger partial charge in [-0.25, -0.2) is 0 Å². The van der Waals surface area contributed by atoms with E-state index in [1.807, 2.05) is 0 Å². The molecule has 1 aliphatic heterocycles. The number of nitrogens with zero attached hydrogens (tertiary/aromatic N) is 2. The monoisotopic (exact) mass is 365 g/mol. The highest BCUT2D eigenvalue weighted by Crippen LogP contribution is 2.31. The zero-order valence-electron chi connectivity index (χ0n) is 15.8. The van der Waals surface area contributed by atoms with Gasteiger partial charge in [-0.05, 0) is 67.8 Å². The molecule has 0 saturated carbocycles. The summed E-state index contributed by atoms with van der Waals surface area (Å²) in [5, 5.41) is 12.6. The Bertz CT molecular complexity index is 811. The van der Waals surface area contributed by atoms with Crippen LogP contribution < -0.4 is 10.2 Å². The summed E-state index contributed by atoms with van der Waals surface area (Å²) in [6.07, 6.45) is 2.84. The lowest BCUT2D eigenvalue weighted by Gasteiger charge is -2.37. The van der Waals surface area contributed by atoms with Gasteiger partial charge >= 0.3 is 0 Å². The minimum absolute atomic E-state index is 0.0690. The number of likely N-dealkylation sites (N-methyl/N-ethyl adjacent to an activating group) is 1. The molecule has 142 valence electrons. The molecule has 0 unspecified atom stereocenters. The lowest BCUT2D eigenvalue weighted by Crippen LogP contribution is -2.45. The van der Waals surface area contributed by atoms with E-state index in [1.54, 1.807) is 24.3 Å². The summed E-state index contributed by atoms with van der Waals surface area (Å²) in [6.45, 7) is 4.28. The van der Waals surface area contributed by atoms with Crippen LogP contribution in [-0.4, -0.2) is 55.2 Å². The van der Waals surface area contributed by atoms with Crippen LogP contribution in [0.25, 0.3) is 0 Å². The molecule has 1 atom stereocenters. The third-order valence-corrected chi connectivity index (χ3v) is 5.77. The number of hydrogen-bond acceptors (Lipinski definition) is 4. The Morgan fingerprint density at radius 2 is 1.81 bits per heavy atom. The Balaban J connectivity index is 1.49. The Hall–Kier alpha value is -2.53. The third-order valence-electron chi connectivity index (χ3n) is 5.77. The SMILES string of the molecule is CN1CCN(c2cccc3c2C[C@H](NC(=O)c2ccc(O)cc2)CC3)CC1. The fourth-order valence-corrected chi connectivity index (χ4v) is 4.12. The molecule has 5 heteroatoms. The van der Waals surface area contributed by atoms with Gasteiger partial charge in [0.25, 0.3) is 5.91 Å². The maximum absolute atomic E-state index is 12.6. The van der Waals surface area contributed by atoms with Crippen molar-refractivity contribution in [3.63, 3.8) is 0 Å². The van der Waals surface area contributed by atoms with Crippen molar-refractivity contribution in [2.24, 2.45) is 0 Å². The minimum Gasteiger partial charge on any atom is -0.508 e. The van der Waals surface area contributed by atoms with Gasteiger partial charge in [-0.15, -0.1) is 0 Å². The molecule has 2 aliphatic rings. The highest BCUT2D eigenvalue weighted by Gasteiger charge is 2.25. The van der Waals surface area contributed by atoms with E-state index in [4.69, 9.17) is 0 Å². The predicted octanol–water partition coefficient (Wildman–Crippen LogP) is 2.43. The first-order valence-electron chi connectivity index (χ1n) is 9.74. The molecule has 2 aromatic carbocycles. The molecule has 1 fully saturated rings. The van der Waals surface area contributed by atoms with Crippen molar-refractivity contribution in [1.82, 2.24) is 10.2 Å². The van der Waals surface area contributed by atoms with Crippen LogP contribution in [-0.2, 0) is 12.8 Å². The number of nitrogens with one attached hydrogen (secondary N) is 1. The predicted molar refractivity (Wildman–Crippen MR) is 108 cm³/mol. The van der Waals surface area contributed by atoms with Crippen molar-refractivity contribution >= 4 is 11.6 Å². The number of aromatic hydroxyl groups is 1. The second-order valence-corrected chi connectivity index (χ2v) is 7.67. The van der Waals surface area contributed by atoms with E-state index >= 15 is 0 Å². The highest BCUT2D eigenvalue weighted by molar-refractivity contribution is 5.94. The number of amides is 1. The molecular formula is C22H27N3O2. The van der Waals surface area contributed by atoms with E-state index in [0.29, 0.717) is 5.56 Å². The maximum atomic E-state index is 12.6. The molecule has 5 nitrogen and oxygen atoms in total. The van der Waals surface area contributed by atoms with Crippen LogP contribution in [0.15, 0.2) is 42.5 Å². The van der Waals surface area contributed by atoms with Crippen LogP contribution in [0.1, 0.15) is 27.9 Å². The van der Waals surface area contributed by atoms with Crippen molar-refractivity contribution in [2.45, 2.75) is 25.3 Å². The number of phenols is 1. The molecule has 1 amide bonds. The van der Waals surface area contributed by atoms with Gasteiger partial charge in [0.2, 0.25) is 0 Å². The summed E-state index contributed by atoms with van der Waals surface area (Å²) in [4.78, 5) is 17.4. The zero-order valence-corrected chi connectivity index (χ0v) is 15.8. The molecule has 1 aliphatic carbocycles. The van der Waals surface area contributed by atoms with Crippen LogP contribution in [0.3, 0.4) is 0 Å². The number of benzene rings is 2. The third kappa shape index (κ3) is 3.93. The molecule has 1 heterocycles. The zero-order chi connectivity index (χ0) is 18.8. The molecule has 0 aromatic heterocycles. The average Bonchev–Trinajstić information content (AvgIpc) is 2.69. The standard InChI is InChI=1S/C22H27N3O2/c1-24-11-13-25(14-12-24)21-4-2-3-16-5-8-18(15-20(16)21)23-22(27)17-6-9-19(26)10-7-17/h2-4,6-7,9-10,18,26H,5,8,11-15H2,1H3,(H,23,27)/t18-/m1/s1.